The standard InChI is InChI=1S/C17H19N3O2S/c1-12-11-18-15(23-12)8-9-20-16(21)14(19(2)17(20)22)10-13-6-4-3-5-7-13/h3-7,11,14H,8-10H2,1-2H3. The average molecular weight is 329 g/mol. The van der Waals surface area contributed by atoms with E-state index in [2.05, 4.69) is 4.98 Å². The number of hydrogen-bond acceptors (Lipinski definition) is 4. The molecule has 1 aromatic carbocycles. The van der Waals surface area contributed by atoms with E-state index in [0.29, 0.717) is 19.4 Å². The minimum Gasteiger partial charge on any atom is -0.315 e. The molecule has 1 aromatic heterocycles. The lowest BCUT2D eigenvalue weighted by Crippen LogP contribution is -2.34. The Kier molecular flexibility index (Phi) is 4.43. The van der Waals surface area contributed by atoms with Crippen molar-refractivity contribution in [3.63, 3.8) is 0 Å². The topological polar surface area (TPSA) is 53.5 Å². The number of carbonyl (C=O) groups is 2. The number of urea groups is 1. The summed E-state index contributed by atoms with van der Waals surface area (Å²) in [5.41, 5.74) is 1.06. The molecule has 0 saturated carbocycles. The minimum atomic E-state index is -0.414. The summed E-state index contributed by atoms with van der Waals surface area (Å²) in [4.78, 5) is 33.3. The lowest BCUT2D eigenvalue weighted by atomic mass is 10.1. The van der Waals surface area contributed by atoms with Crippen LogP contribution in [0.2, 0.25) is 0 Å². The molecule has 0 bridgehead atoms. The van der Waals surface area contributed by atoms with E-state index < -0.39 is 6.04 Å². The van der Waals surface area contributed by atoms with E-state index in [-0.39, 0.29) is 11.9 Å². The van der Waals surface area contributed by atoms with Gasteiger partial charge in [0.15, 0.2) is 0 Å². The second-order valence-corrected chi connectivity index (χ2v) is 7.02. The van der Waals surface area contributed by atoms with Gasteiger partial charge >= 0.3 is 6.03 Å². The Labute approximate surface area is 139 Å². The third kappa shape index (κ3) is 3.27. The minimum absolute atomic E-state index is 0.116. The molecule has 0 N–H and O–H groups in total. The molecule has 2 aromatic rings. The smallest absolute Gasteiger partial charge is 0.315 e. The van der Waals surface area contributed by atoms with Crippen molar-refractivity contribution in [3.8, 4) is 0 Å². The number of nitrogens with zero attached hydrogens (tertiary/aromatic N) is 3. The Morgan fingerprint density at radius 1 is 1.22 bits per heavy atom. The van der Waals surface area contributed by atoms with Gasteiger partial charge in [0.1, 0.15) is 6.04 Å². The molecule has 1 aliphatic heterocycles. The maximum atomic E-state index is 12.6. The quantitative estimate of drug-likeness (QED) is 0.792. The molecule has 0 spiro atoms. The molecule has 0 radical (unpaired) electrons. The highest BCUT2D eigenvalue weighted by atomic mass is 32.1. The van der Waals surface area contributed by atoms with Gasteiger partial charge in [-0.2, -0.15) is 0 Å². The van der Waals surface area contributed by atoms with Gasteiger partial charge in [-0.15, -0.1) is 11.3 Å². The summed E-state index contributed by atoms with van der Waals surface area (Å²) < 4.78 is 0. The van der Waals surface area contributed by atoms with Crippen molar-refractivity contribution in [1.29, 1.82) is 0 Å². The van der Waals surface area contributed by atoms with Crippen molar-refractivity contribution in [1.82, 2.24) is 14.8 Å². The zero-order valence-corrected chi connectivity index (χ0v) is 14.0. The molecule has 1 atom stereocenters. The first-order chi connectivity index (χ1) is 11.1. The highest BCUT2D eigenvalue weighted by Gasteiger charge is 2.42. The van der Waals surface area contributed by atoms with Crippen LogP contribution in [0.15, 0.2) is 36.5 Å². The number of thiazole rings is 1. The predicted octanol–water partition coefficient (Wildman–Crippen LogP) is 2.50. The maximum absolute atomic E-state index is 12.6. The molecule has 120 valence electrons. The van der Waals surface area contributed by atoms with Gasteiger partial charge in [0, 0.05) is 37.5 Å². The first kappa shape index (κ1) is 15.7. The third-order valence-electron chi connectivity index (χ3n) is 4.04. The number of hydrogen-bond donors (Lipinski definition) is 0. The Morgan fingerprint density at radius 3 is 2.61 bits per heavy atom. The van der Waals surface area contributed by atoms with Gasteiger partial charge in [-0.3, -0.25) is 9.69 Å². The Morgan fingerprint density at radius 2 is 1.96 bits per heavy atom. The number of carbonyl (C=O) groups excluding carboxylic acids is 2. The molecule has 1 saturated heterocycles. The maximum Gasteiger partial charge on any atom is 0.327 e. The largest absolute Gasteiger partial charge is 0.327 e. The van der Waals surface area contributed by atoms with Crippen LogP contribution >= 0.6 is 11.3 Å². The van der Waals surface area contributed by atoms with Gasteiger partial charge < -0.3 is 4.90 Å². The zero-order valence-electron chi connectivity index (χ0n) is 13.2. The van der Waals surface area contributed by atoms with Crippen molar-refractivity contribution >= 4 is 23.3 Å². The SMILES string of the molecule is Cc1cnc(CCN2C(=O)C(Cc3ccccc3)N(C)C2=O)s1. The van der Waals surface area contributed by atoms with Crippen molar-refractivity contribution in [2.75, 3.05) is 13.6 Å². The van der Waals surface area contributed by atoms with Crippen LogP contribution in [-0.4, -0.2) is 46.4 Å². The fourth-order valence-electron chi connectivity index (χ4n) is 2.76. The monoisotopic (exact) mass is 329 g/mol. The fourth-order valence-corrected chi connectivity index (χ4v) is 3.53. The first-order valence-electron chi connectivity index (χ1n) is 7.59. The van der Waals surface area contributed by atoms with Crippen molar-refractivity contribution < 1.29 is 9.59 Å². The lowest BCUT2D eigenvalue weighted by molar-refractivity contribution is -0.128. The first-order valence-corrected chi connectivity index (χ1v) is 8.41. The van der Waals surface area contributed by atoms with Crippen LogP contribution in [0.5, 0.6) is 0 Å². The van der Waals surface area contributed by atoms with E-state index in [1.807, 2.05) is 43.5 Å². The normalized spacial score (nSPS) is 18.1. The summed E-state index contributed by atoms with van der Waals surface area (Å²) in [6.45, 7) is 2.39. The number of aryl methyl sites for hydroxylation is 1. The van der Waals surface area contributed by atoms with E-state index in [1.165, 1.54) is 4.90 Å². The Hall–Kier alpha value is -2.21. The lowest BCUT2D eigenvalue weighted by Gasteiger charge is -2.15. The zero-order chi connectivity index (χ0) is 16.4. The van der Waals surface area contributed by atoms with E-state index >= 15 is 0 Å². The van der Waals surface area contributed by atoms with Gasteiger partial charge in [0.05, 0.1) is 5.01 Å². The second kappa shape index (κ2) is 6.50. The molecule has 3 amide bonds. The summed E-state index contributed by atoms with van der Waals surface area (Å²) >= 11 is 1.60. The number of benzene rings is 1. The number of amides is 3. The molecule has 2 heterocycles. The molecule has 5 nitrogen and oxygen atoms in total. The van der Waals surface area contributed by atoms with Crippen molar-refractivity contribution in [2.24, 2.45) is 0 Å². The second-order valence-electron chi connectivity index (χ2n) is 5.70. The Bertz CT molecular complexity index is 714. The van der Waals surface area contributed by atoms with Gasteiger partial charge in [-0.25, -0.2) is 9.78 Å². The summed E-state index contributed by atoms with van der Waals surface area (Å²) in [5.74, 6) is -0.116. The summed E-state index contributed by atoms with van der Waals surface area (Å²) in [5, 5.41) is 0.956. The van der Waals surface area contributed by atoms with E-state index in [4.69, 9.17) is 0 Å². The van der Waals surface area contributed by atoms with Gasteiger partial charge in [0.2, 0.25) is 0 Å². The van der Waals surface area contributed by atoms with Gasteiger partial charge in [-0.1, -0.05) is 30.3 Å². The van der Waals surface area contributed by atoms with E-state index in [1.54, 1.807) is 23.3 Å². The molecular weight excluding hydrogens is 310 g/mol. The Balaban J connectivity index is 1.68. The molecule has 6 heteroatoms. The van der Waals surface area contributed by atoms with Gasteiger partial charge in [0.25, 0.3) is 5.91 Å². The van der Waals surface area contributed by atoms with Crippen LogP contribution in [0.3, 0.4) is 0 Å². The number of imide groups is 1. The molecule has 1 unspecified atom stereocenters. The highest BCUT2D eigenvalue weighted by Crippen LogP contribution is 2.21. The summed E-state index contributed by atoms with van der Waals surface area (Å²) in [7, 11) is 1.70. The van der Waals surface area contributed by atoms with Crippen LogP contribution in [-0.2, 0) is 17.6 Å². The summed E-state index contributed by atoms with van der Waals surface area (Å²) in [6.07, 6.45) is 2.98. The molecule has 23 heavy (non-hydrogen) atoms. The van der Waals surface area contributed by atoms with Gasteiger partial charge in [-0.05, 0) is 12.5 Å². The van der Waals surface area contributed by atoms with Crippen molar-refractivity contribution in [3.05, 3.63) is 52.0 Å². The van der Waals surface area contributed by atoms with E-state index in [0.717, 1.165) is 15.4 Å². The molecular formula is C17H19N3O2S. The predicted molar refractivity (Wildman–Crippen MR) is 89.4 cm³/mol. The van der Waals surface area contributed by atoms with Crippen LogP contribution in [0.4, 0.5) is 4.79 Å². The average Bonchev–Trinajstić information content (AvgIpc) is 3.05. The number of aromatic nitrogens is 1. The van der Waals surface area contributed by atoms with Crippen LogP contribution in [0.1, 0.15) is 15.4 Å². The van der Waals surface area contributed by atoms with E-state index in [9.17, 15) is 9.59 Å². The van der Waals surface area contributed by atoms with Crippen LogP contribution in [0.25, 0.3) is 0 Å². The molecule has 1 aliphatic rings. The molecule has 3 rings (SSSR count). The number of rotatable bonds is 5. The summed E-state index contributed by atoms with van der Waals surface area (Å²) in [6, 6.07) is 9.15. The molecule has 1 fully saturated rings. The van der Waals surface area contributed by atoms with Crippen LogP contribution < -0.4 is 0 Å². The van der Waals surface area contributed by atoms with Crippen molar-refractivity contribution in [2.45, 2.75) is 25.8 Å². The highest BCUT2D eigenvalue weighted by molar-refractivity contribution is 7.11. The molecule has 0 aliphatic carbocycles. The fraction of sp³-hybridized carbons (Fsp3) is 0.353. The van der Waals surface area contributed by atoms with Crippen LogP contribution in [0, 0.1) is 6.92 Å². The number of likely N-dealkylation sites (N-methyl/N-ethyl adjacent to an activating group) is 1. The third-order valence-corrected chi connectivity index (χ3v) is 5.01.